The Balaban J connectivity index is 2.30. The van der Waals surface area contributed by atoms with Gasteiger partial charge in [-0.15, -0.1) is 0 Å². The van der Waals surface area contributed by atoms with Crippen molar-refractivity contribution in [3.05, 3.63) is 24.0 Å². The number of carbonyl (C=O) groups excluding carboxylic acids is 1. The highest BCUT2D eigenvalue weighted by Crippen LogP contribution is 2.09. The van der Waals surface area contributed by atoms with Gasteiger partial charge in [0.05, 0.1) is 17.1 Å². The smallest absolute Gasteiger partial charge is 0.324 e. The lowest BCUT2D eigenvalue weighted by Gasteiger charge is -2.06. The average Bonchev–Trinajstić information content (AvgIpc) is 2.32. The molecule has 1 aromatic rings. The number of hydrogen-bond acceptors (Lipinski definition) is 5. The molecule has 0 saturated carbocycles. The van der Waals surface area contributed by atoms with Gasteiger partial charge in [-0.1, -0.05) is 11.9 Å². The lowest BCUT2D eigenvalue weighted by Crippen LogP contribution is -2.34. The third-order valence-electron chi connectivity index (χ3n) is 2.03. The van der Waals surface area contributed by atoms with Crippen LogP contribution in [0.1, 0.15) is 5.69 Å². The zero-order valence-electron chi connectivity index (χ0n) is 10.0. The summed E-state index contributed by atoms with van der Waals surface area (Å²) in [5, 5.41) is 2.60. The van der Waals surface area contributed by atoms with Crippen molar-refractivity contribution < 1.29 is 9.00 Å². The van der Waals surface area contributed by atoms with E-state index in [1.54, 1.807) is 24.6 Å². The van der Waals surface area contributed by atoms with Crippen molar-refractivity contribution in [3.63, 3.8) is 0 Å². The second-order valence-electron chi connectivity index (χ2n) is 3.39. The van der Waals surface area contributed by atoms with E-state index in [0.717, 1.165) is 0 Å². The van der Waals surface area contributed by atoms with E-state index in [0.29, 0.717) is 29.4 Å². The van der Waals surface area contributed by atoms with Gasteiger partial charge in [0, 0.05) is 35.5 Å². The molecule has 0 aliphatic heterocycles. The first kappa shape index (κ1) is 14.8. The lowest BCUT2D eigenvalue weighted by atomic mass is 10.3. The van der Waals surface area contributed by atoms with Crippen molar-refractivity contribution >= 4 is 34.5 Å². The topological polar surface area (TPSA) is 97.1 Å². The lowest BCUT2D eigenvalue weighted by molar-refractivity contribution is 0.247. The van der Waals surface area contributed by atoms with Gasteiger partial charge >= 0.3 is 6.03 Å². The van der Waals surface area contributed by atoms with Crippen molar-refractivity contribution in [2.75, 3.05) is 24.3 Å². The van der Waals surface area contributed by atoms with E-state index in [4.69, 9.17) is 5.73 Å². The van der Waals surface area contributed by atoms with E-state index in [2.05, 4.69) is 15.0 Å². The first-order chi connectivity index (χ1) is 8.63. The number of urea groups is 1. The minimum atomic E-state index is -1.09. The Morgan fingerprint density at radius 3 is 3.06 bits per heavy atom. The molecule has 8 heteroatoms. The minimum Gasteiger partial charge on any atom is -0.397 e. The van der Waals surface area contributed by atoms with E-state index in [1.807, 2.05) is 0 Å². The zero-order chi connectivity index (χ0) is 13.4. The van der Waals surface area contributed by atoms with E-state index in [1.165, 1.54) is 11.9 Å². The van der Waals surface area contributed by atoms with Gasteiger partial charge < -0.3 is 11.1 Å². The summed E-state index contributed by atoms with van der Waals surface area (Å²) in [4.78, 5) is 15.1. The molecule has 0 aliphatic rings. The molecular formula is C10H16N4O2S2. The number of hydrogen-bond donors (Lipinski definition) is 3. The number of pyridine rings is 1. The van der Waals surface area contributed by atoms with Crippen molar-refractivity contribution in [2.24, 2.45) is 0 Å². The summed E-state index contributed by atoms with van der Waals surface area (Å²) in [6.07, 6.45) is 3.37. The van der Waals surface area contributed by atoms with Crippen LogP contribution in [0.5, 0.6) is 0 Å². The Morgan fingerprint density at radius 1 is 1.61 bits per heavy atom. The quantitative estimate of drug-likeness (QED) is 0.662. The molecule has 0 bridgehead atoms. The largest absolute Gasteiger partial charge is 0.397 e. The molecule has 0 fully saturated rings. The maximum atomic E-state index is 11.7. The molecule has 0 spiro atoms. The third-order valence-corrected chi connectivity index (χ3v) is 3.68. The van der Waals surface area contributed by atoms with Crippen LogP contribution in [0.3, 0.4) is 0 Å². The number of rotatable bonds is 6. The second-order valence-corrected chi connectivity index (χ2v) is 5.58. The summed E-state index contributed by atoms with van der Waals surface area (Å²) in [5.41, 5.74) is 6.88. The first-order valence-electron chi connectivity index (χ1n) is 5.24. The highest BCUT2D eigenvalue weighted by Gasteiger charge is 2.06. The molecule has 6 nitrogen and oxygen atoms in total. The molecule has 0 aromatic carbocycles. The number of aromatic nitrogens is 1. The van der Waals surface area contributed by atoms with Crippen LogP contribution < -0.4 is 15.8 Å². The molecule has 4 N–H and O–H groups in total. The number of nitrogen functional groups attached to an aromatic ring is 1. The monoisotopic (exact) mass is 288 g/mol. The summed E-state index contributed by atoms with van der Waals surface area (Å²) in [7, 11) is -1.09. The Morgan fingerprint density at radius 2 is 2.39 bits per heavy atom. The fourth-order valence-corrected chi connectivity index (χ4v) is 2.48. The van der Waals surface area contributed by atoms with Crippen LogP contribution in [-0.2, 0) is 16.6 Å². The van der Waals surface area contributed by atoms with Gasteiger partial charge in [-0.3, -0.25) is 13.9 Å². The van der Waals surface area contributed by atoms with E-state index < -0.39 is 10.8 Å². The van der Waals surface area contributed by atoms with E-state index >= 15 is 0 Å². The molecule has 1 heterocycles. The maximum Gasteiger partial charge on any atom is 0.324 e. The Bertz CT molecular complexity index is 428. The van der Waals surface area contributed by atoms with Gasteiger partial charge in [-0.25, -0.2) is 4.79 Å². The van der Waals surface area contributed by atoms with Gasteiger partial charge in [-0.05, 0) is 12.1 Å². The number of anilines is 1. The standard InChI is InChI=1S/C10H16N4O2S2/c1-17-14-10(15)13-5-6-18(16)7-9-8(11)3-2-4-12-9/h2-4H,5-7,11H2,1H3,(H2,13,14,15). The van der Waals surface area contributed by atoms with Crippen LogP contribution in [-0.4, -0.2) is 33.8 Å². The molecule has 0 radical (unpaired) electrons. The third kappa shape index (κ3) is 5.37. The summed E-state index contributed by atoms with van der Waals surface area (Å²) in [5.74, 6) is 0.677. The predicted octanol–water partition coefficient (Wildman–Crippen LogP) is 0.490. The highest BCUT2D eigenvalue weighted by molar-refractivity contribution is 7.97. The fraction of sp³-hybridized carbons (Fsp3) is 0.400. The highest BCUT2D eigenvalue weighted by atomic mass is 32.2. The fourth-order valence-electron chi connectivity index (χ4n) is 1.20. The summed E-state index contributed by atoms with van der Waals surface area (Å²) < 4.78 is 14.3. The molecule has 2 amide bonds. The van der Waals surface area contributed by atoms with Gasteiger partial charge in [-0.2, -0.15) is 0 Å². The first-order valence-corrected chi connectivity index (χ1v) is 7.96. The molecule has 0 saturated heterocycles. The normalized spacial score (nSPS) is 11.8. The van der Waals surface area contributed by atoms with Crippen molar-refractivity contribution in [3.8, 4) is 0 Å². The van der Waals surface area contributed by atoms with Crippen molar-refractivity contribution in [1.29, 1.82) is 0 Å². The molecule has 100 valence electrons. The molecule has 1 atom stereocenters. The number of nitrogens with zero attached hydrogens (tertiary/aromatic N) is 1. The van der Waals surface area contributed by atoms with E-state index in [9.17, 15) is 9.00 Å². The van der Waals surface area contributed by atoms with Crippen LogP contribution in [0.25, 0.3) is 0 Å². The van der Waals surface area contributed by atoms with Gasteiger partial charge in [0.15, 0.2) is 0 Å². The summed E-state index contributed by atoms with van der Waals surface area (Å²) in [6.45, 7) is 0.353. The van der Waals surface area contributed by atoms with Gasteiger partial charge in [0.1, 0.15) is 0 Å². The maximum absolute atomic E-state index is 11.7. The summed E-state index contributed by atoms with van der Waals surface area (Å²) in [6, 6.07) is 3.18. The molecule has 1 rings (SSSR count). The van der Waals surface area contributed by atoms with Crippen LogP contribution >= 0.6 is 11.9 Å². The molecular weight excluding hydrogens is 272 g/mol. The zero-order valence-corrected chi connectivity index (χ0v) is 11.6. The number of nitrogens with two attached hydrogens (primary N) is 1. The number of carbonyl (C=O) groups is 1. The molecule has 0 aliphatic carbocycles. The second kappa shape index (κ2) is 7.93. The minimum absolute atomic E-state index is 0.281. The van der Waals surface area contributed by atoms with Crippen LogP contribution in [0, 0.1) is 0 Å². The Hall–Kier alpha value is -1.28. The number of amides is 2. The van der Waals surface area contributed by atoms with Crippen LogP contribution in [0.15, 0.2) is 18.3 Å². The van der Waals surface area contributed by atoms with Gasteiger partial charge in [0.25, 0.3) is 0 Å². The average molecular weight is 288 g/mol. The molecule has 1 unspecified atom stereocenters. The van der Waals surface area contributed by atoms with Crippen LogP contribution in [0.2, 0.25) is 0 Å². The number of nitrogens with one attached hydrogen (secondary N) is 2. The van der Waals surface area contributed by atoms with Crippen molar-refractivity contribution in [2.45, 2.75) is 5.75 Å². The Kier molecular flexibility index (Phi) is 6.51. The van der Waals surface area contributed by atoms with E-state index in [-0.39, 0.29) is 6.03 Å². The van der Waals surface area contributed by atoms with Crippen LogP contribution in [0.4, 0.5) is 10.5 Å². The van der Waals surface area contributed by atoms with Gasteiger partial charge in [0.2, 0.25) is 0 Å². The van der Waals surface area contributed by atoms with Crippen molar-refractivity contribution in [1.82, 2.24) is 15.0 Å². The predicted molar refractivity (Wildman–Crippen MR) is 75.4 cm³/mol. The SMILES string of the molecule is CSNC(=O)NCCS(=O)Cc1ncccc1N. The molecule has 1 aromatic heterocycles. The molecule has 18 heavy (non-hydrogen) atoms. The Labute approximate surface area is 113 Å². The summed E-state index contributed by atoms with van der Waals surface area (Å²) >= 11 is 1.21.